The van der Waals surface area contributed by atoms with Crippen LogP contribution in [-0.4, -0.2) is 31.9 Å². The summed E-state index contributed by atoms with van der Waals surface area (Å²) in [4.78, 5) is 30.2. The highest BCUT2D eigenvalue weighted by Gasteiger charge is 2.13. The molecule has 3 heterocycles. The molecule has 3 rings (SSSR count). The van der Waals surface area contributed by atoms with Crippen molar-refractivity contribution in [3.8, 4) is 0 Å². The smallest absolute Gasteiger partial charge is 0.248 e. The maximum atomic E-state index is 12.1. The molecule has 3 aromatic rings. The number of aromatic nitrogens is 3. The number of aliphatic hydroxyl groups excluding tert-OH is 1. The van der Waals surface area contributed by atoms with Crippen molar-refractivity contribution in [2.75, 3.05) is 6.54 Å². The summed E-state index contributed by atoms with van der Waals surface area (Å²) >= 11 is 0. The van der Waals surface area contributed by atoms with Crippen LogP contribution in [0.25, 0.3) is 5.65 Å². The standard InChI is InChI=1S/C17H18N4O3/c1-11-4-3-7-21-12(9-19-17(11)21)8-16(24)18-10-14(22)13-5-2-6-15(23)20-13/h2-7,9,14,22H,8,10H2,1H3,(H,18,24)(H,20,23). The molecule has 3 N–H and O–H groups in total. The summed E-state index contributed by atoms with van der Waals surface area (Å²) in [6.45, 7) is 1.98. The molecule has 7 heteroatoms. The third-order valence-electron chi connectivity index (χ3n) is 3.79. The zero-order valence-corrected chi connectivity index (χ0v) is 13.2. The number of nitrogens with one attached hydrogen (secondary N) is 2. The third kappa shape index (κ3) is 3.36. The molecule has 0 bridgehead atoms. The molecule has 124 valence electrons. The lowest BCUT2D eigenvalue weighted by molar-refractivity contribution is -0.121. The summed E-state index contributed by atoms with van der Waals surface area (Å²) in [7, 11) is 0. The second kappa shape index (κ2) is 6.67. The summed E-state index contributed by atoms with van der Waals surface area (Å²) in [6.07, 6.45) is 2.73. The molecule has 3 aromatic heterocycles. The number of rotatable bonds is 5. The largest absolute Gasteiger partial charge is 0.385 e. The number of aromatic amines is 1. The highest BCUT2D eigenvalue weighted by molar-refractivity contribution is 5.78. The second-order valence-electron chi connectivity index (χ2n) is 5.60. The summed E-state index contributed by atoms with van der Waals surface area (Å²) in [5, 5.41) is 12.7. The average Bonchev–Trinajstić information content (AvgIpc) is 2.97. The zero-order chi connectivity index (χ0) is 17.1. The van der Waals surface area contributed by atoms with Gasteiger partial charge in [0.05, 0.1) is 12.1 Å². The van der Waals surface area contributed by atoms with Crippen LogP contribution in [0.5, 0.6) is 0 Å². The molecule has 1 amide bonds. The number of carbonyl (C=O) groups is 1. The molecule has 24 heavy (non-hydrogen) atoms. The number of imidazole rings is 1. The normalized spacial score (nSPS) is 12.2. The van der Waals surface area contributed by atoms with Crippen molar-refractivity contribution in [1.82, 2.24) is 19.7 Å². The first-order valence-corrected chi connectivity index (χ1v) is 7.60. The van der Waals surface area contributed by atoms with E-state index in [1.165, 1.54) is 6.07 Å². The molecule has 0 aliphatic heterocycles. The molecule has 0 spiro atoms. The highest BCUT2D eigenvalue weighted by atomic mass is 16.3. The van der Waals surface area contributed by atoms with Gasteiger partial charge in [-0.2, -0.15) is 0 Å². The lowest BCUT2D eigenvalue weighted by Gasteiger charge is -2.12. The van der Waals surface area contributed by atoms with Gasteiger partial charge in [-0.3, -0.25) is 9.59 Å². The molecule has 7 nitrogen and oxygen atoms in total. The Hall–Kier alpha value is -2.93. The van der Waals surface area contributed by atoms with Gasteiger partial charge in [0.1, 0.15) is 11.8 Å². The van der Waals surface area contributed by atoms with E-state index in [-0.39, 0.29) is 24.4 Å². The van der Waals surface area contributed by atoms with Gasteiger partial charge >= 0.3 is 0 Å². The van der Waals surface area contributed by atoms with E-state index in [1.807, 2.05) is 29.7 Å². The Morgan fingerprint density at radius 2 is 2.21 bits per heavy atom. The Morgan fingerprint density at radius 1 is 1.38 bits per heavy atom. The van der Waals surface area contributed by atoms with Crippen LogP contribution in [0.15, 0.2) is 47.5 Å². The average molecular weight is 326 g/mol. The number of nitrogens with zero attached hydrogens (tertiary/aromatic N) is 2. The zero-order valence-electron chi connectivity index (χ0n) is 13.2. The lowest BCUT2D eigenvalue weighted by Crippen LogP contribution is -2.30. The van der Waals surface area contributed by atoms with E-state index in [2.05, 4.69) is 15.3 Å². The number of fused-ring (bicyclic) bond motifs is 1. The molecule has 0 radical (unpaired) electrons. The van der Waals surface area contributed by atoms with Gasteiger partial charge in [-0.05, 0) is 24.6 Å². The van der Waals surface area contributed by atoms with Crippen LogP contribution in [0.3, 0.4) is 0 Å². The molecule has 1 atom stereocenters. The van der Waals surface area contributed by atoms with Crippen molar-refractivity contribution in [2.24, 2.45) is 0 Å². The number of amides is 1. The quantitative estimate of drug-likeness (QED) is 0.643. The van der Waals surface area contributed by atoms with Gasteiger partial charge in [0, 0.05) is 30.7 Å². The van der Waals surface area contributed by atoms with Gasteiger partial charge in [0.15, 0.2) is 0 Å². The first kappa shape index (κ1) is 15.9. The first-order chi connectivity index (χ1) is 11.5. The fraction of sp³-hybridized carbons (Fsp3) is 0.235. The molecule has 0 saturated carbocycles. The van der Waals surface area contributed by atoms with Crippen LogP contribution in [0.2, 0.25) is 0 Å². The predicted octanol–water partition coefficient (Wildman–Crippen LogP) is 0.723. The molecule has 0 aromatic carbocycles. The van der Waals surface area contributed by atoms with E-state index >= 15 is 0 Å². The molecule has 0 aliphatic rings. The van der Waals surface area contributed by atoms with Gasteiger partial charge in [0.25, 0.3) is 0 Å². The Labute approximate surface area is 138 Å². The van der Waals surface area contributed by atoms with Gasteiger partial charge in [-0.1, -0.05) is 12.1 Å². The fourth-order valence-corrected chi connectivity index (χ4v) is 2.54. The summed E-state index contributed by atoms with van der Waals surface area (Å²) in [5.74, 6) is -0.226. The minimum Gasteiger partial charge on any atom is -0.385 e. The Bertz CT molecular complexity index is 929. The molecule has 0 saturated heterocycles. The monoisotopic (exact) mass is 326 g/mol. The van der Waals surface area contributed by atoms with E-state index in [9.17, 15) is 14.7 Å². The number of hydrogen-bond acceptors (Lipinski definition) is 4. The van der Waals surface area contributed by atoms with E-state index in [4.69, 9.17) is 0 Å². The number of carbonyl (C=O) groups excluding carboxylic acids is 1. The van der Waals surface area contributed by atoms with Gasteiger partial charge in [-0.15, -0.1) is 0 Å². The number of aryl methyl sites for hydroxylation is 1. The van der Waals surface area contributed by atoms with Crippen molar-refractivity contribution < 1.29 is 9.90 Å². The van der Waals surface area contributed by atoms with Crippen LogP contribution in [0, 0.1) is 6.92 Å². The second-order valence-corrected chi connectivity index (χ2v) is 5.60. The van der Waals surface area contributed by atoms with Crippen molar-refractivity contribution in [1.29, 1.82) is 0 Å². The predicted molar refractivity (Wildman–Crippen MR) is 88.7 cm³/mol. The maximum absolute atomic E-state index is 12.1. The molecule has 0 aliphatic carbocycles. The van der Waals surface area contributed by atoms with Gasteiger partial charge in [-0.25, -0.2) is 4.98 Å². The van der Waals surface area contributed by atoms with Crippen LogP contribution in [-0.2, 0) is 11.2 Å². The van der Waals surface area contributed by atoms with Crippen molar-refractivity contribution in [3.05, 3.63) is 70.0 Å². The van der Waals surface area contributed by atoms with Crippen LogP contribution in [0.1, 0.15) is 23.1 Å². The molecular formula is C17H18N4O3. The lowest BCUT2D eigenvalue weighted by atomic mass is 10.2. The minimum absolute atomic E-state index is 0.0224. The summed E-state index contributed by atoms with van der Waals surface area (Å²) < 4.78 is 1.88. The van der Waals surface area contributed by atoms with E-state index < -0.39 is 6.10 Å². The third-order valence-corrected chi connectivity index (χ3v) is 3.79. The Balaban J connectivity index is 1.63. The van der Waals surface area contributed by atoms with Crippen LogP contribution in [0.4, 0.5) is 0 Å². The number of pyridine rings is 2. The van der Waals surface area contributed by atoms with Gasteiger partial charge < -0.3 is 19.8 Å². The van der Waals surface area contributed by atoms with Crippen molar-refractivity contribution in [3.63, 3.8) is 0 Å². The molecule has 0 fully saturated rings. The molecular weight excluding hydrogens is 308 g/mol. The summed E-state index contributed by atoms with van der Waals surface area (Å²) in [5.41, 5.74) is 2.70. The fourth-order valence-electron chi connectivity index (χ4n) is 2.54. The Kier molecular flexibility index (Phi) is 4.43. The van der Waals surface area contributed by atoms with E-state index in [1.54, 1.807) is 18.3 Å². The highest BCUT2D eigenvalue weighted by Crippen LogP contribution is 2.11. The topological polar surface area (TPSA) is 99.5 Å². The van der Waals surface area contributed by atoms with Crippen LogP contribution < -0.4 is 10.9 Å². The van der Waals surface area contributed by atoms with Crippen molar-refractivity contribution in [2.45, 2.75) is 19.4 Å². The number of H-pyrrole nitrogens is 1. The maximum Gasteiger partial charge on any atom is 0.248 e. The number of hydrogen-bond donors (Lipinski definition) is 3. The van der Waals surface area contributed by atoms with Gasteiger partial charge in [0.2, 0.25) is 11.5 Å². The first-order valence-electron chi connectivity index (χ1n) is 7.60. The number of aliphatic hydroxyl groups is 1. The van der Waals surface area contributed by atoms with Crippen molar-refractivity contribution >= 4 is 11.6 Å². The summed E-state index contributed by atoms with van der Waals surface area (Å²) in [6, 6.07) is 8.39. The Morgan fingerprint density at radius 3 is 3.00 bits per heavy atom. The SMILES string of the molecule is Cc1cccn2c(CC(=O)NCC(O)c3cccc(=O)[nH]3)cnc12. The molecule has 1 unspecified atom stereocenters. The minimum atomic E-state index is -0.965. The van der Waals surface area contributed by atoms with Crippen LogP contribution >= 0.6 is 0 Å². The van der Waals surface area contributed by atoms with E-state index in [0.717, 1.165) is 16.9 Å². The van der Waals surface area contributed by atoms with E-state index in [0.29, 0.717) is 5.69 Å².